The molecule has 0 aliphatic heterocycles. The maximum absolute atomic E-state index is 5.09. The van der Waals surface area contributed by atoms with Gasteiger partial charge in [0.15, 0.2) is 10.8 Å². The number of nitrogens with zero attached hydrogens (tertiary/aromatic N) is 3. The quantitative estimate of drug-likeness (QED) is 0.723. The number of imidazole rings is 1. The number of aromatic nitrogens is 2. The average molecular weight is 310 g/mol. The maximum atomic E-state index is 5.09. The number of hydrogen-bond donors (Lipinski definition) is 1. The van der Waals surface area contributed by atoms with Gasteiger partial charge in [0, 0.05) is 44.4 Å². The van der Waals surface area contributed by atoms with Crippen LogP contribution in [0.15, 0.2) is 11.6 Å². The van der Waals surface area contributed by atoms with Gasteiger partial charge >= 0.3 is 0 Å². The predicted molar refractivity (Wildman–Crippen MR) is 89.4 cm³/mol. The van der Waals surface area contributed by atoms with Crippen molar-refractivity contribution in [2.24, 2.45) is 0 Å². The van der Waals surface area contributed by atoms with Crippen molar-refractivity contribution in [3.05, 3.63) is 17.3 Å². The zero-order valence-corrected chi connectivity index (χ0v) is 14.2. The molecule has 0 aliphatic rings. The molecule has 1 N–H and O–H groups in total. The highest BCUT2D eigenvalue weighted by Gasteiger charge is 2.20. The highest BCUT2D eigenvalue weighted by Crippen LogP contribution is 2.26. The van der Waals surface area contributed by atoms with Crippen molar-refractivity contribution < 1.29 is 4.74 Å². The number of nitrogens with one attached hydrogen (secondary N) is 1. The van der Waals surface area contributed by atoms with Crippen molar-refractivity contribution in [1.82, 2.24) is 14.7 Å². The minimum absolute atomic E-state index is 0.451. The number of thiazole rings is 1. The molecule has 118 valence electrons. The van der Waals surface area contributed by atoms with E-state index in [1.54, 1.807) is 18.4 Å². The molecule has 0 bridgehead atoms. The lowest BCUT2D eigenvalue weighted by Crippen LogP contribution is -2.33. The minimum Gasteiger partial charge on any atom is -0.383 e. The molecule has 2 aromatic heterocycles. The van der Waals surface area contributed by atoms with Crippen molar-refractivity contribution in [2.45, 2.75) is 39.8 Å². The van der Waals surface area contributed by atoms with E-state index in [0.29, 0.717) is 6.04 Å². The van der Waals surface area contributed by atoms with Crippen LogP contribution in [0.4, 0.5) is 5.82 Å². The fourth-order valence-corrected chi connectivity index (χ4v) is 3.17. The van der Waals surface area contributed by atoms with Crippen LogP contribution in [0.5, 0.6) is 0 Å². The molecule has 21 heavy (non-hydrogen) atoms. The molecule has 0 amide bonds. The summed E-state index contributed by atoms with van der Waals surface area (Å²) >= 11 is 1.69. The third kappa shape index (κ3) is 3.75. The summed E-state index contributed by atoms with van der Waals surface area (Å²) in [5.74, 6) is 1.11. The number of hydrogen-bond acceptors (Lipinski definition) is 5. The molecular formula is C15H26N4OS. The van der Waals surface area contributed by atoms with Crippen LogP contribution in [0.3, 0.4) is 0 Å². The van der Waals surface area contributed by atoms with Gasteiger partial charge in [-0.3, -0.25) is 4.40 Å². The molecule has 0 radical (unpaired) electrons. The predicted octanol–water partition coefficient (Wildman–Crippen LogP) is 2.76. The van der Waals surface area contributed by atoms with Gasteiger partial charge in [-0.05, 0) is 20.3 Å². The lowest BCUT2D eigenvalue weighted by molar-refractivity contribution is 0.199. The maximum Gasteiger partial charge on any atom is 0.195 e. The summed E-state index contributed by atoms with van der Waals surface area (Å²) < 4.78 is 7.29. The zero-order chi connectivity index (χ0) is 15.2. The van der Waals surface area contributed by atoms with Gasteiger partial charge in [-0.1, -0.05) is 6.92 Å². The molecule has 6 heteroatoms. The van der Waals surface area contributed by atoms with E-state index in [2.05, 4.69) is 47.0 Å². The van der Waals surface area contributed by atoms with Crippen LogP contribution >= 0.6 is 11.3 Å². The van der Waals surface area contributed by atoms with Gasteiger partial charge in [-0.2, -0.15) is 0 Å². The van der Waals surface area contributed by atoms with Crippen molar-refractivity contribution in [1.29, 1.82) is 0 Å². The summed E-state index contributed by atoms with van der Waals surface area (Å²) in [5, 5.41) is 5.53. The van der Waals surface area contributed by atoms with E-state index in [9.17, 15) is 0 Å². The first-order valence-electron chi connectivity index (χ1n) is 7.59. The van der Waals surface area contributed by atoms with E-state index >= 15 is 0 Å². The van der Waals surface area contributed by atoms with Crippen molar-refractivity contribution in [2.75, 3.05) is 31.7 Å². The van der Waals surface area contributed by atoms with Crippen LogP contribution in [-0.4, -0.2) is 42.2 Å². The van der Waals surface area contributed by atoms with Gasteiger partial charge in [-0.25, -0.2) is 4.98 Å². The number of fused-ring (bicyclic) bond motifs is 1. The Hall–Kier alpha value is -1.11. The Labute approximate surface area is 130 Å². The number of ether oxygens (including phenoxy) is 1. The lowest BCUT2D eigenvalue weighted by atomic mass is 10.2. The highest BCUT2D eigenvalue weighted by atomic mass is 32.1. The molecule has 0 saturated carbocycles. The second kappa shape index (κ2) is 7.77. The van der Waals surface area contributed by atoms with Crippen LogP contribution in [0.25, 0.3) is 4.96 Å². The molecule has 0 aromatic carbocycles. The second-order valence-corrected chi connectivity index (χ2v) is 6.27. The van der Waals surface area contributed by atoms with Gasteiger partial charge in [0.2, 0.25) is 0 Å². The Bertz CT molecular complexity index is 549. The average Bonchev–Trinajstić information content (AvgIpc) is 3.02. The zero-order valence-electron chi connectivity index (χ0n) is 13.4. The van der Waals surface area contributed by atoms with Crippen LogP contribution in [-0.2, 0) is 11.3 Å². The Morgan fingerprint density at radius 2 is 2.29 bits per heavy atom. The van der Waals surface area contributed by atoms with Crippen LogP contribution < -0.4 is 10.2 Å². The fraction of sp³-hybridized carbons (Fsp3) is 0.667. The highest BCUT2D eigenvalue weighted by molar-refractivity contribution is 7.15. The molecule has 0 fully saturated rings. The standard InChI is InChI=1S/C15H26N4OS/c1-5-7-18(12(2)3)14-13(11-16-6-9-20-4)19-8-10-21-15(19)17-14/h8,10,12,16H,5-7,9,11H2,1-4H3. The third-order valence-corrected chi connectivity index (χ3v) is 4.23. The van der Waals surface area contributed by atoms with E-state index in [1.807, 2.05) is 0 Å². The van der Waals surface area contributed by atoms with Crippen LogP contribution in [0, 0.1) is 0 Å². The van der Waals surface area contributed by atoms with Crippen molar-refractivity contribution in [3.8, 4) is 0 Å². The summed E-state index contributed by atoms with van der Waals surface area (Å²) in [4.78, 5) is 8.31. The SMILES string of the molecule is CCCN(c1nc2sccn2c1CNCCOC)C(C)C. The molecular weight excluding hydrogens is 284 g/mol. The minimum atomic E-state index is 0.451. The Kier molecular flexibility index (Phi) is 6.02. The smallest absolute Gasteiger partial charge is 0.195 e. The molecule has 5 nitrogen and oxygen atoms in total. The van der Waals surface area contributed by atoms with Crippen LogP contribution in [0.2, 0.25) is 0 Å². The Morgan fingerprint density at radius 3 is 2.95 bits per heavy atom. The van der Waals surface area contributed by atoms with Gasteiger partial charge < -0.3 is 15.0 Å². The summed E-state index contributed by atoms with van der Waals surface area (Å²) in [5.41, 5.74) is 1.24. The first-order valence-corrected chi connectivity index (χ1v) is 8.47. The first-order chi connectivity index (χ1) is 10.2. The van der Waals surface area contributed by atoms with E-state index in [1.165, 1.54) is 5.69 Å². The topological polar surface area (TPSA) is 41.8 Å². The number of anilines is 1. The normalized spacial score (nSPS) is 11.7. The molecule has 0 unspecified atom stereocenters. The van der Waals surface area contributed by atoms with E-state index < -0.39 is 0 Å². The van der Waals surface area contributed by atoms with Gasteiger partial charge in [0.25, 0.3) is 0 Å². The molecule has 0 atom stereocenters. The lowest BCUT2D eigenvalue weighted by Gasteiger charge is -2.27. The largest absolute Gasteiger partial charge is 0.383 e. The summed E-state index contributed by atoms with van der Waals surface area (Å²) in [6, 6.07) is 0.451. The van der Waals surface area contributed by atoms with Gasteiger partial charge in [0.1, 0.15) is 0 Å². The summed E-state index contributed by atoms with van der Waals surface area (Å²) in [7, 11) is 1.73. The molecule has 0 saturated heterocycles. The summed E-state index contributed by atoms with van der Waals surface area (Å²) in [6.07, 6.45) is 3.23. The van der Waals surface area contributed by atoms with Gasteiger partial charge in [0.05, 0.1) is 12.3 Å². The Balaban J connectivity index is 2.26. The molecule has 0 aliphatic carbocycles. The third-order valence-electron chi connectivity index (χ3n) is 3.48. The summed E-state index contributed by atoms with van der Waals surface area (Å²) in [6.45, 7) is 10.1. The molecule has 2 aromatic rings. The first kappa shape index (κ1) is 16.3. The van der Waals surface area contributed by atoms with E-state index in [-0.39, 0.29) is 0 Å². The van der Waals surface area contributed by atoms with E-state index in [0.717, 1.165) is 43.4 Å². The monoisotopic (exact) mass is 310 g/mol. The molecule has 2 heterocycles. The number of methoxy groups -OCH3 is 1. The number of rotatable bonds is 9. The second-order valence-electron chi connectivity index (χ2n) is 5.39. The fourth-order valence-electron chi connectivity index (χ4n) is 2.45. The molecule has 0 spiro atoms. The molecule has 2 rings (SSSR count). The van der Waals surface area contributed by atoms with Crippen LogP contribution in [0.1, 0.15) is 32.9 Å². The van der Waals surface area contributed by atoms with E-state index in [4.69, 9.17) is 9.72 Å². The Morgan fingerprint density at radius 1 is 1.48 bits per heavy atom. The van der Waals surface area contributed by atoms with Crippen molar-refractivity contribution >= 4 is 22.1 Å². The van der Waals surface area contributed by atoms with Gasteiger partial charge in [-0.15, -0.1) is 11.3 Å². The van der Waals surface area contributed by atoms with Crippen molar-refractivity contribution in [3.63, 3.8) is 0 Å².